The van der Waals surface area contributed by atoms with Gasteiger partial charge in [0.15, 0.2) is 5.12 Å². The van der Waals surface area contributed by atoms with E-state index < -0.39 is 24.1 Å². The Labute approximate surface area is 124 Å². The number of carboxylic acids is 2. The summed E-state index contributed by atoms with van der Waals surface area (Å²) in [6.07, 6.45) is -2.82. The lowest BCUT2D eigenvalue weighted by molar-refractivity contribution is -0.109. The summed E-state index contributed by atoms with van der Waals surface area (Å²) in [4.78, 5) is 32.7. The van der Waals surface area contributed by atoms with Gasteiger partial charge in [0.25, 0.3) is 0 Å². The zero-order valence-electron chi connectivity index (χ0n) is 11.0. The highest BCUT2D eigenvalue weighted by atomic mass is 32.2. The molecule has 0 aromatic heterocycles. The molecule has 0 spiro atoms. The van der Waals surface area contributed by atoms with Crippen molar-refractivity contribution in [2.24, 2.45) is 0 Å². The first kappa shape index (κ1) is 17.2. The van der Waals surface area contributed by atoms with Crippen LogP contribution in [0.3, 0.4) is 0 Å². The van der Waals surface area contributed by atoms with E-state index in [0.717, 1.165) is 30.0 Å². The van der Waals surface area contributed by atoms with Crippen LogP contribution in [0.25, 0.3) is 0 Å². The molecule has 0 heterocycles. The number of carboxylic acid groups (broad SMARTS) is 2. The van der Waals surface area contributed by atoms with E-state index in [0.29, 0.717) is 0 Å². The first-order valence-corrected chi connectivity index (χ1v) is 6.82. The van der Waals surface area contributed by atoms with Crippen LogP contribution in [-0.4, -0.2) is 49.3 Å². The second-order valence-electron chi connectivity index (χ2n) is 4.27. The van der Waals surface area contributed by atoms with Crippen molar-refractivity contribution in [1.82, 2.24) is 0 Å². The number of benzene rings is 1. The molecule has 0 saturated heterocycles. The van der Waals surface area contributed by atoms with Crippen LogP contribution in [0.5, 0.6) is 0 Å². The first-order valence-electron chi connectivity index (χ1n) is 5.83. The minimum Gasteiger partial charge on any atom is -0.478 e. The monoisotopic (exact) mass is 314 g/mol. The van der Waals surface area contributed by atoms with Gasteiger partial charge in [-0.15, -0.1) is 0 Å². The minimum absolute atomic E-state index is 0.0380. The van der Waals surface area contributed by atoms with Crippen molar-refractivity contribution in [2.75, 3.05) is 5.75 Å². The average Bonchev–Trinajstić information content (AvgIpc) is 2.43. The van der Waals surface area contributed by atoms with Gasteiger partial charge in [0, 0.05) is 12.7 Å². The molecular weight excluding hydrogens is 300 g/mol. The van der Waals surface area contributed by atoms with E-state index >= 15 is 0 Å². The fourth-order valence-electron chi connectivity index (χ4n) is 1.59. The van der Waals surface area contributed by atoms with E-state index in [1.807, 2.05) is 0 Å². The van der Waals surface area contributed by atoms with E-state index in [1.165, 1.54) is 6.92 Å². The number of rotatable bonds is 6. The molecule has 2 unspecified atom stereocenters. The normalized spacial score (nSPS) is 13.5. The van der Waals surface area contributed by atoms with Crippen LogP contribution < -0.4 is 0 Å². The Morgan fingerprint density at radius 3 is 1.90 bits per heavy atom. The number of aliphatic hydroxyl groups excluding tert-OH is 2. The number of thioether (sulfide) groups is 1. The topological polar surface area (TPSA) is 132 Å². The van der Waals surface area contributed by atoms with Crippen LogP contribution in [0.1, 0.15) is 39.3 Å². The van der Waals surface area contributed by atoms with Crippen LogP contribution in [0.4, 0.5) is 0 Å². The molecule has 2 atom stereocenters. The van der Waals surface area contributed by atoms with E-state index in [1.54, 1.807) is 0 Å². The summed E-state index contributed by atoms with van der Waals surface area (Å²) in [5.41, 5.74) is -0.658. The maximum Gasteiger partial charge on any atom is 0.335 e. The lowest BCUT2D eigenvalue weighted by atomic mass is 9.99. The van der Waals surface area contributed by atoms with Gasteiger partial charge in [0.2, 0.25) is 0 Å². The van der Waals surface area contributed by atoms with Gasteiger partial charge in [-0.3, -0.25) is 4.79 Å². The third kappa shape index (κ3) is 4.85. The Balaban J connectivity index is 3.07. The molecule has 1 aromatic rings. The quantitative estimate of drug-likeness (QED) is 0.605. The highest BCUT2D eigenvalue weighted by Gasteiger charge is 2.22. The molecule has 21 heavy (non-hydrogen) atoms. The molecule has 0 aliphatic carbocycles. The van der Waals surface area contributed by atoms with Gasteiger partial charge in [-0.25, -0.2) is 9.59 Å². The van der Waals surface area contributed by atoms with Crippen LogP contribution >= 0.6 is 11.8 Å². The van der Waals surface area contributed by atoms with Crippen LogP contribution in [0.15, 0.2) is 18.2 Å². The van der Waals surface area contributed by atoms with Crippen molar-refractivity contribution >= 4 is 28.8 Å². The van der Waals surface area contributed by atoms with Crippen molar-refractivity contribution in [3.8, 4) is 0 Å². The van der Waals surface area contributed by atoms with Gasteiger partial charge in [-0.1, -0.05) is 11.8 Å². The van der Waals surface area contributed by atoms with Gasteiger partial charge in [-0.05, 0) is 23.8 Å². The molecule has 0 aliphatic heterocycles. The van der Waals surface area contributed by atoms with Crippen molar-refractivity contribution in [3.63, 3.8) is 0 Å². The van der Waals surface area contributed by atoms with Gasteiger partial charge in [-0.2, -0.15) is 0 Å². The molecule has 4 N–H and O–H groups in total. The number of hydrogen-bond donors (Lipinski definition) is 4. The van der Waals surface area contributed by atoms with Crippen molar-refractivity contribution in [2.45, 2.75) is 19.1 Å². The molecule has 114 valence electrons. The molecule has 0 saturated carbocycles. The fourth-order valence-corrected chi connectivity index (χ4v) is 2.17. The maximum atomic E-state index is 10.9. The van der Waals surface area contributed by atoms with Crippen LogP contribution in [0.2, 0.25) is 0 Å². The SMILES string of the molecule is CC(=O)SCC(O)C(O)c1cc(C(=O)O)cc(C(=O)O)c1. The number of aromatic carboxylic acids is 2. The molecule has 7 nitrogen and oxygen atoms in total. The summed E-state index contributed by atoms with van der Waals surface area (Å²) in [6, 6.07) is 3.12. The fraction of sp³-hybridized carbons (Fsp3) is 0.308. The zero-order chi connectivity index (χ0) is 16.2. The second kappa shape index (κ2) is 7.21. The smallest absolute Gasteiger partial charge is 0.335 e. The average molecular weight is 314 g/mol. The Kier molecular flexibility index (Phi) is 5.89. The molecule has 1 aromatic carbocycles. The van der Waals surface area contributed by atoms with Crippen molar-refractivity contribution in [1.29, 1.82) is 0 Å². The maximum absolute atomic E-state index is 10.9. The van der Waals surface area contributed by atoms with Crippen LogP contribution in [0, 0.1) is 0 Å². The van der Waals surface area contributed by atoms with Crippen LogP contribution in [-0.2, 0) is 4.79 Å². The van der Waals surface area contributed by atoms with E-state index in [9.17, 15) is 24.6 Å². The van der Waals surface area contributed by atoms with E-state index in [4.69, 9.17) is 10.2 Å². The zero-order valence-corrected chi connectivity index (χ0v) is 11.8. The van der Waals surface area contributed by atoms with Gasteiger partial charge in [0.05, 0.1) is 17.2 Å². The largest absolute Gasteiger partial charge is 0.478 e. The first-order chi connectivity index (χ1) is 9.72. The summed E-state index contributed by atoms with van der Waals surface area (Å²) in [6.45, 7) is 1.30. The molecule has 8 heteroatoms. The predicted molar refractivity (Wildman–Crippen MR) is 74.5 cm³/mol. The van der Waals surface area contributed by atoms with Gasteiger partial charge < -0.3 is 20.4 Å². The Hall–Kier alpha value is -1.90. The van der Waals surface area contributed by atoms with E-state index in [2.05, 4.69) is 0 Å². The molecule has 0 fully saturated rings. The number of hydrogen-bond acceptors (Lipinski definition) is 6. The van der Waals surface area contributed by atoms with Crippen molar-refractivity contribution in [3.05, 3.63) is 34.9 Å². The number of aliphatic hydroxyl groups is 2. The highest BCUT2D eigenvalue weighted by Crippen LogP contribution is 2.23. The van der Waals surface area contributed by atoms with Crippen molar-refractivity contribution < 1.29 is 34.8 Å². The predicted octanol–water partition coefficient (Wildman–Crippen LogP) is 0.757. The summed E-state index contributed by atoms with van der Waals surface area (Å²) >= 11 is 0.802. The van der Waals surface area contributed by atoms with E-state index in [-0.39, 0.29) is 27.6 Å². The Morgan fingerprint density at radius 2 is 1.52 bits per heavy atom. The lowest BCUT2D eigenvalue weighted by Crippen LogP contribution is -2.22. The Morgan fingerprint density at radius 1 is 1.05 bits per heavy atom. The highest BCUT2D eigenvalue weighted by molar-refractivity contribution is 8.13. The summed E-state index contributed by atoms with van der Waals surface area (Å²) in [5, 5.41) is 37.3. The van der Waals surface area contributed by atoms with Gasteiger partial charge >= 0.3 is 11.9 Å². The summed E-state index contributed by atoms with van der Waals surface area (Å²) < 4.78 is 0. The third-order valence-corrected chi connectivity index (χ3v) is 3.53. The number of carbonyl (C=O) groups excluding carboxylic acids is 1. The lowest BCUT2D eigenvalue weighted by Gasteiger charge is -2.18. The second-order valence-corrected chi connectivity index (χ2v) is 5.47. The summed E-state index contributed by atoms with van der Waals surface area (Å²) in [5.74, 6) is -2.78. The summed E-state index contributed by atoms with van der Waals surface area (Å²) in [7, 11) is 0. The minimum atomic E-state index is -1.49. The molecule has 0 radical (unpaired) electrons. The molecule has 0 aliphatic rings. The molecule has 1 rings (SSSR count). The third-order valence-electron chi connectivity index (χ3n) is 2.61. The van der Waals surface area contributed by atoms with Gasteiger partial charge in [0.1, 0.15) is 6.10 Å². The Bertz CT molecular complexity index is 537. The molecule has 0 amide bonds. The molecule has 0 bridgehead atoms. The number of carbonyl (C=O) groups is 3. The standard InChI is InChI=1S/C13H14O7S/c1-6(14)21-5-10(15)11(16)7-2-8(12(17)18)4-9(3-7)13(19)20/h2-4,10-11,15-16H,5H2,1H3,(H,17,18)(H,19,20). The molecular formula is C13H14O7S.